The summed E-state index contributed by atoms with van der Waals surface area (Å²) in [6.45, 7) is 2.52. The van der Waals surface area contributed by atoms with Gasteiger partial charge in [0.05, 0.1) is 6.54 Å². The van der Waals surface area contributed by atoms with E-state index in [1.807, 2.05) is 25.1 Å². The van der Waals surface area contributed by atoms with E-state index in [1.54, 1.807) is 7.05 Å². The fraction of sp³-hybridized carbons (Fsp3) is 0.529. The molecule has 0 aliphatic heterocycles. The summed E-state index contributed by atoms with van der Waals surface area (Å²) >= 11 is 3.40. The molecule has 1 aliphatic rings. The van der Waals surface area contributed by atoms with Crippen molar-refractivity contribution < 1.29 is 9.59 Å². The molecule has 1 aromatic carbocycles. The summed E-state index contributed by atoms with van der Waals surface area (Å²) in [7, 11) is 1.68. The van der Waals surface area contributed by atoms with Gasteiger partial charge < -0.3 is 16.0 Å². The zero-order valence-corrected chi connectivity index (χ0v) is 15.2. The molecule has 0 unspecified atom stereocenters. The van der Waals surface area contributed by atoms with E-state index < -0.39 is 0 Å². The van der Waals surface area contributed by atoms with Crippen LogP contribution in [-0.2, 0) is 9.59 Å². The van der Waals surface area contributed by atoms with Crippen molar-refractivity contribution in [1.82, 2.24) is 4.90 Å². The Labute approximate surface area is 145 Å². The molecular formula is C17H24BrN3O2. The van der Waals surface area contributed by atoms with E-state index in [2.05, 4.69) is 21.2 Å². The van der Waals surface area contributed by atoms with Crippen molar-refractivity contribution in [1.29, 1.82) is 0 Å². The lowest BCUT2D eigenvalue weighted by Crippen LogP contribution is -2.40. The average Bonchev–Trinajstić information content (AvgIpc) is 2.97. The van der Waals surface area contributed by atoms with E-state index in [4.69, 9.17) is 5.73 Å². The maximum absolute atomic E-state index is 12.5. The highest BCUT2D eigenvalue weighted by molar-refractivity contribution is 9.10. The van der Waals surface area contributed by atoms with E-state index in [1.165, 1.54) is 4.90 Å². The summed E-state index contributed by atoms with van der Waals surface area (Å²) in [5.74, 6) is 0.0585. The molecule has 1 fully saturated rings. The quantitative estimate of drug-likeness (QED) is 0.822. The number of halogens is 1. The van der Waals surface area contributed by atoms with Crippen LogP contribution < -0.4 is 11.1 Å². The van der Waals surface area contributed by atoms with Crippen LogP contribution in [0.25, 0.3) is 0 Å². The second kappa shape index (κ2) is 7.93. The molecule has 0 aromatic heterocycles. The standard InChI is InChI=1S/C17H24BrN3O2/c1-11-8-13(18)6-7-15(11)20-16(22)10-21(2)17(23)14-5-3-4-12(14)9-19/h6-8,12,14H,3-5,9-10,19H2,1-2H3,(H,20,22)/t12-,14-/m1/s1. The summed E-state index contributed by atoms with van der Waals surface area (Å²) < 4.78 is 0.967. The molecule has 1 saturated carbocycles. The second-order valence-corrected chi connectivity index (χ2v) is 7.15. The number of rotatable bonds is 5. The first-order valence-electron chi connectivity index (χ1n) is 7.93. The molecule has 1 aliphatic carbocycles. The van der Waals surface area contributed by atoms with Gasteiger partial charge >= 0.3 is 0 Å². The van der Waals surface area contributed by atoms with Crippen molar-refractivity contribution in [2.75, 3.05) is 25.5 Å². The van der Waals surface area contributed by atoms with Crippen LogP contribution in [0.3, 0.4) is 0 Å². The van der Waals surface area contributed by atoms with Gasteiger partial charge in [-0.15, -0.1) is 0 Å². The number of benzene rings is 1. The van der Waals surface area contributed by atoms with Crippen LogP contribution in [0, 0.1) is 18.8 Å². The molecule has 0 bridgehead atoms. The number of amides is 2. The molecular weight excluding hydrogens is 358 g/mol. The zero-order valence-electron chi connectivity index (χ0n) is 13.6. The smallest absolute Gasteiger partial charge is 0.243 e. The van der Waals surface area contributed by atoms with Crippen LogP contribution in [0.2, 0.25) is 0 Å². The number of carbonyl (C=O) groups excluding carboxylic acids is 2. The number of likely N-dealkylation sites (N-methyl/N-ethyl adjacent to an activating group) is 1. The lowest BCUT2D eigenvalue weighted by molar-refractivity contribution is -0.137. The third-order valence-corrected chi connectivity index (χ3v) is 4.99. The van der Waals surface area contributed by atoms with Gasteiger partial charge in [-0.05, 0) is 56.0 Å². The molecule has 6 heteroatoms. The van der Waals surface area contributed by atoms with Crippen molar-refractivity contribution in [2.24, 2.45) is 17.6 Å². The molecule has 0 saturated heterocycles. The summed E-state index contributed by atoms with van der Waals surface area (Å²) in [5, 5.41) is 2.86. The van der Waals surface area contributed by atoms with Gasteiger partial charge in [-0.1, -0.05) is 22.4 Å². The summed E-state index contributed by atoms with van der Waals surface area (Å²) in [6.07, 6.45) is 2.92. The molecule has 0 spiro atoms. The van der Waals surface area contributed by atoms with Crippen molar-refractivity contribution in [2.45, 2.75) is 26.2 Å². The molecule has 2 atom stereocenters. The maximum atomic E-state index is 12.5. The monoisotopic (exact) mass is 381 g/mol. The highest BCUT2D eigenvalue weighted by Crippen LogP contribution is 2.32. The van der Waals surface area contributed by atoms with Crippen LogP contribution >= 0.6 is 15.9 Å². The Balaban J connectivity index is 1.92. The van der Waals surface area contributed by atoms with Gasteiger partial charge in [0.2, 0.25) is 11.8 Å². The number of hydrogen-bond donors (Lipinski definition) is 2. The summed E-state index contributed by atoms with van der Waals surface area (Å²) in [6, 6.07) is 5.66. The first kappa shape index (κ1) is 17.9. The molecule has 0 radical (unpaired) electrons. The minimum atomic E-state index is -0.187. The fourth-order valence-electron chi connectivity index (χ4n) is 3.18. The molecule has 5 nitrogen and oxygen atoms in total. The summed E-state index contributed by atoms with van der Waals surface area (Å²) in [4.78, 5) is 26.2. The molecule has 2 amide bonds. The van der Waals surface area contributed by atoms with Gasteiger partial charge in [-0.3, -0.25) is 9.59 Å². The van der Waals surface area contributed by atoms with Crippen LogP contribution in [0.5, 0.6) is 0 Å². The van der Waals surface area contributed by atoms with Crippen molar-refractivity contribution in [3.05, 3.63) is 28.2 Å². The van der Waals surface area contributed by atoms with Crippen LogP contribution in [-0.4, -0.2) is 36.9 Å². The Hall–Kier alpha value is -1.40. The Kier molecular flexibility index (Phi) is 6.18. The summed E-state index contributed by atoms with van der Waals surface area (Å²) in [5.41, 5.74) is 7.48. The van der Waals surface area contributed by atoms with Gasteiger partial charge in [0.1, 0.15) is 0 Å². The van der Waals surface area contributed by atoms with Crippen LogP contribution in [0.1, 0.15) is 24.8 Å². The number of anilines is 1. The van der Waals surface area contributed by atoms with E-state index in [9.17, 15) is 9.59 Å². The fourth-order valence-corrected chi connectivity index (χ4v) is 3.65. The van der Waals surface area contributed by atoms with Crippen molar-refractivity contribution in [3.8, 4) is 0 Å². The second-order valence-electron chi connectivity index (χ2n) is 6.23. The lowest BCUT2D eigenvalue weighted by atomic mass is 9.95. The van der Waals surface area contributed by atoms with Gasteiger partial charge in [-0.25, -0.2) is 0 Å². The molecule has 1 aromatic rings. The first-order chi connectivity index (χ1) is 10.9. The number of carbonyl (C=O) groups is 2. The minimum Gasteiger partial charge on any atom is -0.336 e. The number of nitrogens with one attached hydrogen (secondary N) is 1. The zero-order chi connectivity index (χ0) is 17.0. The van der Waals surface area contributed by atoms with E-state index in [0.717, 1.165) is 35.0 Å². The Bertz CT molecular complexity index is 591. The Morgan fingerprint density at radius 1 is 1.39 bits per heavy atom. The topological polar surface area (TPSA) is 75.4 Å². The van der Waals surface area contributed by atoms with Gasteiger partial charge in [0.25, 0.3) is 0 Å². The largest absolute Gasteiger partial charge is 0.336 e. The maximum Gasteiger partial charge on any atom is 0.243 e. The lowest BCUT2D eigenvalue weighted by Gasteiger charge is -2.24. The molecule has 126 valence electrons. The number of nitrogens with two attached hydrogens (primary N) is 1. The predicted molar refractivity (Wildman–Crippen MR) is 95.0 cm³/mol. The molecule has 2 rings (SSSR count). The predicted octanol–water partition coefficient (Wildman–Crippen LogP) is 2.53. The Morgan fingerprint density at radius 3 is 2.78 bits per heavy atom. The minimum absolute atomic E-state index is 0.0284. The van der Waals surface area contributed by atoms with Gasteiger partial charge in [-0.2, -0.15) is 0 Å². The first-order valence-corrected chi connectivity index (χ1v) is 8.72. The van der Waals surface area contributed by atoms with E-state index in [-0.39, 0.29) is 30.2 Å². The number of aryl methyl sites for hydroxylation is 1. The van der Waals surface area contributed by atoms with Crippen LogP contribution in [0.15, 0.2) is 22.7 Å². The van der Waals surface area contributed by atoms with Gasteiger partial charge in [0.15, 0.2) is 0 Å². The molecule has 23 heavy (non-hydrogen) atoms. The van der Waals surface area contributed by atoms with Crippen LogP contribution in [0.4, 0.5) is 5.69 Å². The van der Waals surface area contributed by atoms with Gasteiger partial charge in [0, 0.05) is 23.1 Å². The normalized spacial score (nSPS) is 20.3. The van der Waals surface area contributed by atoms with Crippen molar-refractivity contribution in [3.63, 3.8) is 0 Å². The van der Waals surface area contributed by atoms with E-state index in [0.29, 0.717) is 6.54 Å². The highest BCUT2D eigenvalue weighted by atomic mass is 79.9. The van der Waals surface area contributed by atoms with Crippen molar-refractivity contribution >= 4 is 33.4 Å². The number of nitrogens with zero attached hydrogens (tertiary/aromatic N) is 1. The molecule has 0 heterocycles. The Morgan fingerprint density at radius 2 is 2.13 bits per heavy atom. The third kappa shape index (κ3) is 4.54. The highest BCUT2D eigenvalue weighted by Gasteiger charge is 2.34. The van der Waals surface area contributed by atoms with E-state index >= 15 is 0 Å². The SMILES string of the molecule is Cc1cc(Br)ccc1NC(=O)CN(C)C(=O)[C@@H]1CCC[C@@H]1CN. The molecule has 3 N–H and O–H groups in total. The average molecular weight is 382 g/mol. The number of hydrogen-bond acceptors (Lipinski definition) is 3. The third-order valence-electron chi connectivity index (χ3n) is 4.50.